The predicted molar refractivity (Wildman–Crippen MR) is 86.0 cm³/mol. The lowest BCUT2D eigenvalue weighted by Gasteiger charge is -2.28. The van der Waals surface area contributed by atoms with E-state index in [4.69, 9.17) is 0 Å². The average Bonchev–Trinajstić information content (AvgIpc) is 2.40. The summed E-state index contributed by atoms with van der Waals surface area (Å²) >= 11 is 0. The van der Waals surface area contributed by atoms with Gasteiger partial charge in [0.15, 0.2) is 9.84 Å². The first-order valence-corrected chi connectivity index (χ1v) is 10.3. The van der Waals surface area contributed by atoms with Gasteiger partial charge in [0, 0.05) is 19.3 Å². The van der Waals surface area contributed by atoms with Gasteiger partial charge in [-0.3, -0.25) is 0 Å². The van der Waals surface area contributed by atoms with Gasteiger partial charge in [0.1, 0.15) is 0 Å². The van der Waals surface area contributed by atoms with Crippen LogP contribution in [0.5, 0.6) is 0 Å². The average molecular weight is 343 g/mol. The number of hydrogen-bond donors (Lipinski definition) is 0. The normalized spacial score (nSPS) is 17.8. The molecule has 1 aliphatic rings. The highest BCUT2D eigenvalue weighted by molar-refractivity contribution is 7.91. The fraction of sp³-hybridized carbons (Fsp3) is 0.467. The molecule has 122 valence electrons. The van der Waals surface area contributed by atoms with E-state index in [0.717, 1.165) is 11.8 Å². The number of nitrogens with zero attached hydrogens (tertiary/aromatic N) is 1. The molecule has 0 spiro atoms. The summed E-state index contributed by atoms with van der Waals surface area (Å²) in [5, 5.41) is 0. The summed E-state index contributed by atoms with van der Waals surface area (Å²) in [5.74, 6) is 0. The summed E-state index contributed by atoms with van der Waals surface area (Å²) in [6.07, 6.45) is 1.78. The van der Waals surface area contributed by atoms with Crippen molar-refractivity contribution in [1.29, 1.82) is 0 Å². The minimum Gasteiger partial charge on any atom is -0.224 e. The molecule has 0 aliphatic carbocycles. The molecule has 1 aliphatic heterocycles. The van der Waals surface area contributed by atoms with Crippen LogP contribution in [0, 0.1) is 6.92 Å². The minimum absolute atomic E-state index is 0.0251. The molecular weight excluding hydrogens is 322 g/mol. The molecular formula is C15H21NO4S2. The maximum absolute atomic E-state index is 12.8. The van der Waals surface area contributed by atoms with Crippen molar-refractivity contribution < 1.29 is 16.8 Å². The lowest BCUT2D eigenvalue weighted by Crippen LogP contribution is -2.36. The van der Waals surface area contributed by atoms with Gasteiger partial charge in [0.25, 0.3) is 0 Å². The van der Waals surface area contributed by atoms with Crippen molar-refractivity contribution in [2.75, 3.05) is 19.3 Å². The Morgan fingerprint density at radius 2 is 1.64 bits per heavy atom. The second kappa shape index (κ2) is 5.79. The predicted octanol–water partition coefficient (Wildman–Crippen LogP) is 2.13. The Hall–Kier alpha value is -1.18. The molecule has 0 N–H and O–H groups in total. The van der Waals surface area contributed by atoms with Gasteiger partial charge in [0.05, 0.1) is 9.79 Å². The molecule has 0 unspecified atom stereocenters. The highest BCUT2D eigenvalue weighted by Gasteiger charge is 2.29. The van der Waals surface area contributed by atoms with E-state index in [1.165, 1.54) is 22.0 Å². The molecule has 1 aromatic carbocycles. The van der Waals surface area contributed by atoms with E-state index in [1.54, 1.807) is 13.0 Å². The van der Waals surface area contributed by atoms with Crippen LogP contribution in [0.4, 0.5) is 0 Å². The molecule has 2 rings (SSSR count). The minimum atomic E-state index is -3.70. The van der Waals surface area contributed by atoms with E-state index in [2.05, 4.69) is 0 Å². The largest absolute Gasteiger partial charge is 0.243 e. The first kappa shape index (κ1) is 17.2. The van der Waals surface area contributed by atoms with Crippen LogP contribution in [-0.4, -0.2) is 40.5 Å². The monoisotopic (exact) mass is 343 g/mol. The lowest BCUT2D eigenvalue weighted by atomic mass is 10.1. The summed E-state index contributed by atoms with van der Waals surface area (Å²) in [5.41, 5.74) is 2.82. The van der Waals surface area contributed by atoms with Gasteiger partial charge in [-0.2, -0.15) is 4.31 Å². The number of aryl methyl sites for hydroxylation is 1. The summed E-state index contributed by atoms with van der Waals surface area (Å²) < 4.78 is 50.5. The van der Waals surface area contributed by atoms with Crippen LogP contribution in [0.15, 0.2) is 39.1 Å². The Balaban J connectivity index is 2.51. The third-order valence-corrected chi connectivity index (χ3v) is 7.18. The molecule has 1 heterocycles. The molecule has 0 atom stereocenters. The second-order valence-corrected chi connectivity index (χ2v) is 9.77. The van der Waals surface area contributed by atoms with Crippen LogP contribution in [0.1, 0.15) is 25.8 Å². The van der Waals surface area contributed by atoms with E-state index in [1.807, 2.05) is 13.8 Å². The van der Waals surface area contributed by atoms with E-state index in [9.17, 15) is 16.8 Å². The Labute approximate surface area is 132 Å². The van der Waals surface area contributed by atoms with Gasteiger partial charge >= 0.3 is 0 Å². The number of rotatable bonds is 3. The van der Waals surface area contributed by atoms with Gasteiger partial charge in [0.2, 0.25) is 10.0 Å². The van der Waals surface area contributed by atoms with Gasteiger partial charge in [-0.15, -0.1) is 0 Å². The van der Waals surface area contributed by atoms with Crippen molar-refractivity contribution >= 4 is 19.9 Å². The fourth-order valence-electron chi connectivity index (χ4n) is 2.42. The molecule has 22 heavy (non-hydrogen) atoms. The van der Waals surface area contributed by atoms with Crippen LogP contribution in [-0.2, 0) is 19.9 Å². The zero-order valence-corrected chi connectivity index (χ0v) is 14.9. The third kappa shape index (κ3) is 3.26. The van der Waals surface area contributed by atoms with Crippen molar-refractivity contribution in [2.24, 2.45) is 0 Å². The first-order valence-electron chi connectivity index (χ1n) is 6.99. The fourth-order valence-corrected chi connectivity index (χ4v) is 4.86. The van der Waals surface area contributed by atoms with Crippen molar-refractivity contribution in [3.63, 3.8) is 0 Å². The quantitative estimate of drug-likeness (QED) is 0.788. The summed E-state index contributed by atoms with van der Waals surface area (Å²) in [6, 6.07) is 4.25. The molecule has 0 saturated carbocycles. The van der Waals surface area contributed by atoms with Crippen LogP contribution >= 0.6 is 0 Å². The molecule has 0 amide bonds. The molecule has 0 saturated heterocycles. The van der Waals surface area contributed by atoms with Crippen LogP contribution in [0.25, 0.3) is 0 Å². The Kier molecular flexibility index (Phi) is 4.52. The molecule has 0 bridgehead atoms. The topological polar surface area (TPSA) is 71.5 Å². The van der Waals surface area contributed by atoms with Crippen LogP contribution in [0.3, 0.4) is 0 Å². The lowest BCUT2D eigenvalue weighted by molar-refractivity contribution is 0.420. The van der Waals surface area contributed by atoms with Gasteiger partial charge in [-0.05, 0) is 44.9 Å². The third-order valence-electron chi connectivity index (χ3n) is 4.08. The Morgan fingerprint density at radius 1 is 1.00 bits per heavy atom. The Bertz CT molecular complexity index is 836. The molecule has 5 nitrogen and oxygen atoms in total. The number of sulfone groups is 1. The molecule has 0 aromatic heterocycles. The van der Waals surface area contributed by atoms with Crippen LogP contribution < -0.4 is 0 Å². The maximum atomic E-state index is 12.8. The van der Waals surface area contributed by atoms with Crippen LogP contribution in [0.2, 0.25) is 0 Å². The van der Waals surface area contributed by atoms with Crippen molar-refractivity contribution in [3.05, 3.63) is 34.9 Å². The smallest absolute Gasteiger partial charge is 0.224 e. The SMILES string of the molecule is CC1=C(C)CN(S(=O)(=O)c2cc(S(C)(=O)=O)ccc2C)CC1. The standard InChI is InChI=1S/C15H21NO4S2/c1-11-7-8-16(10-13(11)3)22(19,20)15-9-14(21(4,17)18)6-5-12(15)2/h5-6,9H,7-8,10H2,1-4H3. The van der Waals surface area contributed by atoms with E-state index < -0.39 is 19.9 Å². The van der Waals surface area contributed by atoms with E-state index >= 15 is 0 Å². The van der Waals surface area contributed by atoms with Crippen molar-refractivity contribution in [2.45, 2.75) is 37.0 Å². The molecule has 0 fully saturated rings. The highest BCUT2D eigenvalue weighted by Crippen LogP contribution is 2.27. The maximum Gasteiger partial charge on any atom is 0.243 e. The van der Waals surface area contributed by atoms with E-state index in [0.29, 0.717) is 25.1 Å². The summed E-state index contributed by atoms with van der Waals surface area (Å²) in [4.78, 5) is 0.0971. The molecule has 1 aromatic rings. The number of hydrogen-bond acceptors (Lipinski definition) is 4. The zero-order valence-electron chi connectivity index (χ0n) is 13.3. The van der Waals surface area contributed by atoms with Gasteiger partial charge < -0.3 is 0 Å². The first-order chi connectivity index (χ1) is 10.0. The highest BCUT2D eigenvalue weighted by atomic mass is 32.2. The molecule has 0 radical (unpaired) electrons. The molecule has 7 heteroatoms. The van der Waals surface area contributed by atoms with Crippen molar-refractivity contribution in [3.8, 4) is 0 Å². The zero-order chi connectivity index (χ0) is 16.7. The second-order valence-electron chi connectivity index (χ2n) is 5.85. The van der Waals surface area contributed by atoms with Gasteiger partial charge in [-0.1, -0.05) is 17.2 Å². The summed E-state index contributed by atoms with van der Waals surface area (Å²) in [6.45, 7) is 6.40. The number of benzene rings is 1. The van der Waals surface area contributed by atoms with Crippen molar-refractivity contribution in [1.82, 2.24) is 4.31 Å². The summed E-state index contributed by atoms with van der Waals surface area (Å²) in [7, 11) is -7.14. The van der Waals surface area contributed by atoms with E-state index in [-0.39, 0.29) is 9.79 Å². The van der Waals surface area contributed by atoms with Gasteiger partial charge in [-0.25, -0.2) is 16.8 Å². The Morgan fingerprint density at radius 3 is 2.18 bits per heavy atom. The number of sulfonamides is 1.